The van der Waals surface area contributed by atoms with Crippen LogP contribution in [-0.4, -0.2) is 40.5 Å². The molecular weight excluding hydrogens is 188 g/mol. The number of nitrogens with one attached hydrogen (secondary N) is 2. The molecule has 1 atom stereocenters. The summed E-state index contributed by atoms with van der Waals surface area (Å²) in [5.74, 6) is 1.65. The highest BCUT2D eigenvalue weighted by Crippen LogP contribution is 2.18. The van der Waals surface area contributed by atoms with Gasteiger partial charge in [-0.2, -0.15) is 0 Å². The third kappa shape index (κ3) is 2.72. The molecule has 0 bridgehead atoms. The second kappa shape index (κ2) is 4.66. The van der Waals surface area contributed by atoms with E-state index in [0.29, 0.717) is 6.04 Å². The number of anilines is 1. The van der Waals surface area contributed by atoms with Crippen LogP contribution in [0.1, 0.15) is 20.3 Å². The normalized spacial score (nSPS) is 22.5. The van der Waals surface area contributed by atoms with Crippen LogP contribution < -0.4 is 5.32 Å². The molecule has 0 saturated carbocycles. The van der Waals surface area contributed by atoms with Crippen molar-refractivity contribution in [3.8, 4) is 0 Å². The zero-order valence-corrected chi connectivity index (χ0v) is 9.53. The van der Waals surface area contributed by atoms with Gasteiger partial charge in [0.05, 0.1) is 0 Å². The molecule has 2 N–H and O–H groups in total. The lowest BCUT2D eigenvalue weighted by Gasteiger charge is -2.20. The third-order valence-corrected chi connectivity index (χ3v) is 3.10. The fourth-order valence-electron chi connectivity index (χ4n) is 2.10. The Hall–Kier alpha value is -1.03. The number of hydrogen-bond acceptors (Lipinski definition) is 3. The van der Waals surface area contributed by atoms with Crippen molar-refractivity contribution in [3.63, 3.8) is 0 Å². The Kier molecular flexibility index (Phi) is 3.26. The van der Waals surface area contributed by atoms with Gasteiger partial charge in [0.15, 0.2) is 5.95 Å². The lowest BCUT2D eigenvalue weighted by molar-refractivity contribution is 0.266. The Balaban J connectivity index is 1.73. The van der Waals surface area contributed by atoms with Crippen LogP contribution in [0.4, 0.5) is 5.95 Å². The van der Waals surface area contributed by atoms with Crippen molar-refractivity contribution < 1.29 is 0 Å². The quantitative estimate of drug-likeness (QED) is 0.789. The van der Waals surface area contributed by atoms with Gasteiger partial charge < -0.3 is 15.2 Å². The zero-order valence-electron chi connectivity index (χ0n) is 9.53. The van der Waals surface area contributed by atoms with Crippen molar-refractivity contribution >= 4 is 5.95 Å². The van der Waals surface area contributed by atoms with Crippen molar-refractivity contribution in [2.24, 2.45) is 5.92 Å². The number of hydrogen-bond donors (Lipinski definition) is 2. The summed E-state index contributed by atoms with van der Waals surface area (Å²) in [4.78, 5) is 9.75. The molecule has 0 amide bonds. The summed E-state index contributed by atoms with van der Waals surface area (Å²) in [6.07, 6.45) is 4.92. The number of aromatic nitrogens is 2. The molecule has 0 aliphatic carbocycles. The Labute approximate surface area is 91.1 Å². The van der Waals surface area contributed by atoms with E-state index in [0.717, 1.165) is 18.4 Å². The number of nitrogens with zero attached hydrogens (tertiary/aromatic N) is 2. The van der Waals surface area contributed by atoms with E-state index < -0.39 is 0 Å². The van der Waals surface area contributed by atoms with Crippen LogP contribution in [0.2, 0.25) is 0 Å². The van der Waals surface area contributed by atoms with Crippen molar-refractivity contribution in [1.82, 2.24) is 14.9 Å². The van der Waals surface area contributed by atoms with Gasteiger partial charge in [0.1, 0.15) is 0 Å². The van der Waals surface area contributed by atoms with Gasteiger partial charge in [-0.05, 0) is 32.7 Å². The van der Waals surface area contributed by atoms with E-state index in [1.807, 2.05) is 6.20 Å². The Bertz CT molecular complexity index is 281. The second-order valence-corrected chi connectivity index (χ2v) is 4.56. The summed E-state index contributed by atoms with van der Waals surface area (Å²) >= 11 is 0. The van der Waals surface area contributed by atoms with E-state index in [2.05, 4.69) is 34.0 Å². The largest absolute Gasteiger partial charge is 0.356 e. The fourth-order valence-corrected chi connectivity index (χ4v) is 2.10. The minimum Gasteiger partial charge on any atom is -0.356 e. The topological polar surface area (TPSA) is 44.0 Å². The first-order valence-corrected chi connectivity index (χ1v) is 5.73. The van der Waals surface area contributed by atoms with Crippen LogP contribution in [0.3, 0.4) is 0 Å². The van der Waals surface area contributed by atoms with Crippen LogP contribution in [-0.2, 0) is 0 Å². The molecule has 1 saturated heterocycles. The molecule has 2 heterocycles. The van der Waals surface area contributed by atoms with E-state index in [-0.39, 0.29) is 0 Å². The minimum atomic E-state index is 0.679. The van der Waals surface area contributed by atoms with Crippen LogP contribution in [0, 0.1) is 5.92 Å². The number of rotatable bonds is 4. The Morgan fingerprint density at radius 3 is 3.13 bits per heavy atom. The monoisotopic (exact) mass is 208 g/mol. The molecule has 0 aromatic carbocycles. The SMILES string of the molecule is CC(C)N1CCC(CNc2ncc[nH]2)C1. The van der Waals surface area contributed by atoms with Crippen LogP contribution in [0.5, 0.6) is 0 Å². The minimum absolute atomic E-state index is 0.679. The van der Waals surface area contributed by atoms with Crippen molar-refractivity contribution in [1.29, 1.82) is 0 Å². The molecule has 1 fully saturated rings. The Morgan fingerprint density at radius 1 is 1.67 bits per heavy atom. The maximum absolute atomic E-state index is 4.15. The zero-order chi connectivity index (χ0) is 10.7. The van der Waals surface area contributed by atoms with E-state index in [4.69, 9.17) is 0 Å². The van der Waals surface area contributed by atoms with Gasteiger partial charge in [0.2, 0.25) is 0 Å². The summed E-state index contributed by atoms with van der Waals surface area (Å²) < 4.78 is 0. The Morgan fingerprint density at radius 2 is 2.53 bits per heavy atom. The molecule has 15 heavy (non-hydrogen) atoms. The summed E-state index contributed by atoms with van der Waals surface area (Å²) in [6, 6.07) is 0.679. The molecule has 84 valence electrons. The average Bonchev–Trinajstić information content (AvgIpc) is 2.86. The first-order chi connectivity index (χ1) is 7.25. The molecule has 1 aromatic heterocycles. The molecular formula is C11H20N4. The summed E-state index contributed by atoms with van der Waals surface area (Å²) in [7, 11) is 0. The first-order valence-electron chi connectivity index (χ1n) is 5.73. The van der Waals surface area contributed by atoms with E-state index in [1.165, 1.54) is 19.5 Å². The molecule has 1 unspecified atom stereocenters. The van der Waals surface area contributed by atoms with Crippen LogP contribution in [0.25, 0.3) is 0 Å². The summed E-state index contributed by atoms with van der Waals surface area (Å²) in [5.41, 5.74) is 0. The lowest BCUT2D eigenvalue weighted by atomic mass is 10.1. The van der Waals surface area contributed by atoms with Gasteiger partial charge in [0.25, 0.3) is 0 Å². The van der Waals surface area contributed by atoms with Gasteiger partial charge in [0, 0.05) is 31.5 Å². The number of H-pyrrole nitrogens is 1. The average molecular weight is 208 g/mol. The van der Waals surface area contributed by atoms with Crippen molar-refractivity contribution in [2.75, 3.05) is 25.0 Å². The summed E-state index contributed by atoms with van der Waals surface area (Å²) in [5, 5.41) is 3.33. The van der Waals surface area contributed by atoms with Crippen LogP contribution >= 0.6 is 0 Å². The predicted octanol–water partition coefficient (Wildman–Crippen LogP) is 1.55. The second-order valence-electron chi connectivity index (χ2n) is 4.56. The predicted molar refractivity (Wildman–Crippen MR) is 61.9 cm³/mol. The maximum atomic E-state index is 4.15. The first kappa shape index (κ1) is 10.5. The van der Waals surface area contributed by atoms with E-state index in [9.17, 15) is 0 Å². The molecule has 4 nitrogen and oxygen atoms in total. The van der Waals surface area contributed by atoms with Crippen LogP contribution in [0.15, 0.2) is 12.4 Å². The van der Waals surface area contributed by atoms with E-state index >= 15 is 0 Å². The lowest BCUT2D eigenvalue weighted by Crippen LogP contribution is -2.29. The van der Waals surface area contributed by atoms with Gasteiger partial charge >= 0.3 is 0 Å². The third-order valence-electron chi connectivity index (χ3n) is 3.10. The maximum Gasteiger partial charge on any atom is 0.200 e. The molecule has 1 aromatic rings. The molecule has 1 aliphatic rings. The van der Waals surface area contributed by atoms with E-state index in [1.54, 1.807) is 6.20 Å². The number of likely N-dealkylation sites (tertiary alicyclic amines) is 1. The van der Waals surface area contributed by atoms with Gasteiger partial charge in [-0.15, -0.1) is 0 Å². The molecule has 0 radical (unpaired) electrons. The molecule has 1 aliphatic heterocycles. The van der Waals surface area contributed by atoms with Gasteiger partial charge in [-0.1, -0.05) is 0 Å². The van der Waals surface area contributed by atoms with Crippen molar-refractivity contribution in [2.45, 2.75) is 26.3 Å². The fraction of sp³-hybridized carbons (Fsp3) is 0.727. The highest BCUT2D eigenvalue weighted by molar-refractivity contribution is 5.22. The highest BCUT2D eigenvalue weighted by atomic mass is 15.2. The number of imidazole rings is 1. The smallest absolute Gasteiger partial charge is 0.200 e. The molecule has 4 heteroatoms. The van der Waals surface area contributed by atoms with Crippen molar-refractivity contribution in [3.05, 3.63) is 12.4 Å². The standard InChI is InChI=1S/C11H20N4/c1-9(2)15-6-3-10(8-15)7-14-11-12-4-5-13-11/h4-5,9-10H,3,6-8H2,1-2H3,(H2,12,13,14). The summed E-state index contributed by atoms with van der Waals surface area (Å²) in [6.45, 7) is 8.01. The van der Waals surface area contributed by atoms with Gasteiger partial charge in [-0.25, -0.2) is 4.98 Å². The number of aromatic amines is 1. The van der Waals surface area contributed by atoms with Gasteiger partial charge in [-0.3, -0.25) is 0 Å². The highest BCUT2D eigenvalue weighted by Gasteiger charge is 2.23. The molecule has 0 spiro atoms. The molecule has 2 rings (SSSR count).